The van der Waals surface area contributed by atoms with E-state index >= 15 is 0 Å². The normalized spacial score (nSPS) is 16.2. The molecule has 0 radical (unpaired) electrons. The summed E-state index contributed by atoms with van der Waals surface area (Å²) in [7, 11) is 0. The van der Waals surface area contributed by atoms with E-state index in [0.29, 0.717) is 6.54 Å². The zero-order valence-electron chi connectivity index (χ0n) is 10.8. The second-order valence-electron chi connectivity index (χ2n) is 4.94. The second-order valence-corrected chi connectivity index (χ2v) is 4.94. The molecule has 1 aliphatic carbocycles. The van der Waals surface area contributed by atoms with Crippen LogP contribution in [0.2, 0.25) is 0 Å². The number of nitrogens with one attached hydrogen (secondary N) is 1. The van der Waals surface area contributed by atoms with Crippen LogP contribution < -0.4 is 11.1 Å². The molecule has 1 aromatic rings. The fourth-order valence-corrected chi connectivity index (χ4v) is 2.52. The van der Waals surface area contributed by atoms with E-state index in [9.17, 15) is 10.1 Å². The van der Waals surface area contributed by atoms with Gasteiger partial charge in [-0.15, -0.1) is 0 Å². The van der Waals surface area contributed by atoms with Gasteiger partial charge in [-0.3, -0.25) is 10.1 Å². The molecule has 0 spiro atoms. The molecule has 3 N–H and O–H groups in total. The van der Waals surface area contributed by atoms with Gasteiger partial charge in [0.25, 0.3) is 0 Å². The number of nitrogens with two attached hydrogens (primary N) is 1. The largest absolute Gasteiger partial charge is 0.368 e. The summed E-state index contributed by atoms with van der Waals surface area (Å²) in [5.74, 6) is 0.985. The van der Waals surface area contributed by atoms with Crippen LogP contribution in [0.4, 0.5) is 17.5 Å². The maximum Gasteiger partial charge on any atom is 0.329 e. The van der Waals surface area contributed by atoms with Crippen molar-refractivity contribution in [3.05, 3.63) is 16.3 Å². The van der Waals surface area contributed by atoms with Crippen molar-refractivity contribution in [3.63, 3.8) is 0 Å². The molecule has 1 heterocycles. The fraction of sp³-hybridized carbons (Fsp3) is 0.667. The molecule has 19 heavy (non-hydrogen) atoms. The molecule has 7 nitrogen and oxygen atoms in total. The average molecular weight is 265 g/mol. The lowest BCUT2D eigenvalue weighted by Crippen LogP contribution is -2.14. The van der Waals surface area contributed by atoms with Crippen LogP contribution in [-0.2, 0) is 0 Å². The predicted octanol–water partition coefficient (Wildman–Crippen LogP) is 2.35. The van der Waals surface area contributed by atoms with Crippen LogP contribution in [0.15, 0.2) is 6.20 Å². The van der Waals surface area contributed by atoms with E-state index in [1.54, 1.807) is 0 Å². The number of nitro groups is 1. The highest BCUT2D eigenvalue weighted by molar-refractivity contribution is 5.56. The van der Waals surface area contributed by atoms with E-state index < -0.39 is 4.92 Å². The molecule has 0 aromatic carbocycles. The molecule has 1 fully saturated rings. The van der Waals surface area contributed by atoms with Crippen LogP contribution in [0.1, 0.15) is 38.5 Å². The molecular weight excluding hydrogens is 246 g/mol. The molecule has 0 unspecified atom stereocenters. The van der Waals surface area contributed by atoms with Gasteiger partial charge < -0.3 is 11.1 Å². The summed E-state index contributed by atoms with van der Waals surface area (Å²) >= 11 is 0. The number of aromatic nitrogens is 2. The molecule has 1 aliphatic rings. The van der Waals surface area contributed by atoms with Gasteiger partial charge in [0.1, 0.15) is 6.20 Å². The average Bonchev–Trinajstić information content (AvgIpc) is 2.39. The van der Waals surface area contributed by atoms with Gasteiger partial charge in [0.05, 0.1) is 4.92 Å². The maximum absolute atomic E-state index is 10.8. The molecule has 0 aliphatic heterocycles. The van der Waals surface area contributed by atoms with Gasteiger partial charge >= 0.3 is 5.69 Å². The first-order chi connectivity index (χ1) is 9.16. The lowest BCUT2D eigenvalue weighted by atomic mass is 9.87. The minimum absolute atomic E-state index is 0.0470. The Balaban J connectivity index is 1.91. The molecule has 0 saturated heterocycles. The fourth-order valence-electron chi connectivity index (χ4n) is 2.52. The first kappa shape index (κ1) is 13.5. The van der Waals surface area contributed by atoms with Gasteiger partial charge in [0.2, 0.25) is 11.8 Å². The lowest BCUT2D eigenvalue weighted by molar-refractivity contribution is -0.384. The molecule has 1 saturated carbocycles. The van der Waals surface area contributed by atoms with Crippen molar-refractivity contribution in [2.45, 2.75) is 38.5 Å². The quantitative estimate of drug-likeness (QED) is 0.625. The number of hydrogen-bond acceptors (Lipinski definition) is 6. The minimum atomic E-state index is -0.498. The highest BCUT2D eigenvalue weighted by atomic mass is 16.6. The molecule has 0 atom stereocenters. The van der Waals surface area contributed by atoms with Crippen molar-refractivity contribution in [2.75, 3.05) is 17.6 Å². The molecule has 0 bridgehead atoms. The van der Waals surface area contributed by atoms with Gasteiger partial charge in [0.15, 0.2) is 0 Å². The Morgan fingerprint density at radius 1 is 1.42 bits per heavy atom. The lowest BCUT2D eigenvalue weighted by Gasteiger charge is -2.21. The van der Waals surface area contributed by atoms with Gasteiger partial charge in [-0.25, -0.2) is 4.98 Å². The van der Waals surface area contributed by atoms with E-state index in [-0.39, 0.29) is 17.5 Å². The van der Waals surface area contributed by atoms with Crippen LogP contribution in [0.5, 0.6) is 0 Å². The topological polar surface area (TPSA) is 107 Å². The summed E-state index contributed by atoms with van der Waals surface area (Å²) in [5.41, 5.74) is 5.33. The summed E-state index contributed by atoms with van der Waals surface area (Å²) in [6.45, 7) is 0.682. The predicted molar refractivity (Wildman–Crippen MR) is 72.8 cm³/mol. The summed E-state index contributed by atoms with van der Waals surface area (Å²) in [6.07, 6.45) is 8.60. The zero-order valence-corrected chi connectivity index (χ0v) is 10.8. The Kier molecular flexibility index (Phi) is 4.48. The Morgan fingerprint density at radius 2 is 2.16 bits per heavy atom. The van der Waals surface area contributed by atoms with E-state index in [2.05, 4.69) is 15.3 Å². The molecule has 104 valence electrons. The third-order valence-corrected chi connectivity index (χ3v) is 3.55. The first-order valence-corrected chi connectivity index (χ1v) is 6.67. The van der Waals surface area contributed by atoms with Crippen molar-refractivity contribution in [1.82, 2.24) is 9.97 Å². The van der Waals surface area contributed by atoms with Gasteiger partial charge in [-0.1, -0.05) is 32.1 Å². The van der Waals surface area contributed by atoms with Crippen LogP contribution in [-0.4, -0.2) is 21.4 Å². The molecule has 0 amide bonds. The van der Waals surface area contributed by atoms with Crippen LogP contribution in [0, 0.1) is 16.0 Å². The van der Waals surface area contributed by atoms with E-state index in [1.807, 2.05) is 0 Å². The van der Waals surface area contributed by atoms with Crippen molar-refractivity contribution in [3.8, 4) is 0 Å². The van der Waals surface area contributed by atoms with Gasteiger partial charge in [-0.2, -0.15) is 4.98 Å². The SMILES string of the molecule is Nc1ncc([N+](=O)[O-])c(NCCC2CCCCC2)n1. The Hall–Kier alpha value is -1.92. The van der Waals surface area contributed by atoms with E-state index in [0.717, 1.165) is 18.5 Å². The van der Waals surface area contributed by atoms with Crippen LogP contribution >= 0.6 is 0 Å². The Morgan fingerprint density at radius 3 is 2.84 bits per heavy atom. The van der Waals surface area contributed by atoms with E-state index in [1.165, 1.54) is 32.1 Å². The number of nitrogens with zero attached hydrogens (tertiary/aromatic N) is 3. The Bertz CT molecular complexity index is 446. The third kappa shape index (κ3) is 3.77. The van der Waals surface area contributed by atoms with Crippen molar-refractivity contribution < 1.29 is 4.92 Å². The number of rotatable bonds is 5. The van der Waals surface area contributed by atoms with Crippen molar-refractivity contribution >= 4 is 17.5 Å². The smallest absolute Gasteiger partial charge is 0.329 e. The summed E-state index contributed by atoms with van der Waals surface area (Å²) in [4.78, 5) is 17.9. The van der Waals surface area contributed by atoms with Gasteiger partial charge in [0, 0.05) is 6.54 Å². The highest BCUT2D eigenvalue weighted by Gasteiger charge is 2.17. The maximum atomic E-state index is 10.8. The molecule has 2 rings (SSSR count). The molecule has 7 heteroatoms. The van der Waals surface area contributed by atoms with Crippen molar-refractivity contribution in [2.24, 2.45) is 5.92 Å². The van der Waals surface area contributed by atoms with Crippen LogP contribution in [0.25, 0.3) is 0 Å². The standard InChI is InChI=1S/C12H19N5O2/c13-12-15-8-10(17(18)19)11(16-12)14-7-6-9-4-2-1-3-5-9/h8-9H,1-7H2,(H3,13,14,15,16). The minimum Gasteiger partial charge on any atom is -0.368 e. The molecular formula is C12H19N5O2. The highest BCUT2D eigenvalue weighted by Crippen LogP contribution is 2.27. The monoisotopic (exact) mass is 265 g/mol. The Labute approximate surface area is 111 Å². The number of anilines is 2. The van der Waals surface area contributed by atoms with Crippen molar-refractivity contribution in [1.29, 1.82) is 0 Å². The summed E-state index contributed by atoms with van der Waals surface area (Å²) in [6, 6.07) is 0. The molecule has 1 aromatic heterocycles. The van der Waals surface area contributed by atoms with Gasteiger partial charge in [-0.05, 0) is 12.3 Å². The van der Waals surface area contributed by atoms with E-state index in [4.69, 9.17) is 5.73 Å². The third-order valence-electron chi connectivity index (χ3n) is 3.55. The summed E-state index contributed by atoms with van der Waals surface area (Å²) in [5, 5.41) is 13.9. The first-order valence-electron chi connectivity index (χ1n) is 6.67. The van der Waals surface area contributed by atoms with Crippen LogP contribution in [0.3, 0.4) is 0 Å². The second kappa shape index (κ2) is 6.31. The number of hydrogen-bond donors (Lipinski definition) is 2. The zero-order chi connectivity index (χ0) is 13.7. The summed E-state index contributed by atoms with van der Waals surface area (Å²) < 4.78 is 0. The number of nitrogen functional groups attached to an aromatic ring is 1.